The van der Waals surface area contributed by atoms with Gasteiger partial charge in [-0.3, -0.25) is 4.79 Å². The first-order valence-corrected chi connectivity index (χ1v) is 8.66. The van der Waals surface area contributed by atoms with E-state index >= 15 is 0 Å². The number of halogens is 1. The number of benzene rings is 2. The lowest BCUT2D eigenvalue weighted by Gasteiger charge is -2.14. The molecule has 0 aromatic heterocycles. The molecule has 2 aromatic carbocycles. The van der Waals surface area contributed by atoms with Crippen LogP contribution in [-0.4, -0.2) is 25.4 Å². The van der Waals surface area contributed by atoms with Gasteiger partial charge in [-0.25, -0.2) is 0 Å². The quantitative estimate of drug-likeness (QED) is 0.726. The molecule has 0 radical (unpaired) electrons. The van der Waals surface area contributed by atoms with Crippen molar-refractivity contribution in [3.05, 3.63) is 46.9 Å². The van der Waals surface area contributed by atoms with Gasteiger partial charge in [-0.15, -0.1) is 11.8 Å². The molecule has 1 unspecified atom stereocenters. The van der Waals surface area contributed by atoms with Crippen LogP contribution in [0, 0.1) is 0 Å². The fourth-order valence-corrected chi connectivity index (χ4v) is 3.36. The van der Waals surface area contributed by atoms with Gasteiger partial charge < -0.3 is 14.8 Å². The molecule has 23 heavy (non-hydrogen) atoms. The SMILES string of the molecule is COc1cc(NC(=O)C(C)Sc2ccccc2Br)cc(OC)c1. The van der Waals surface area contributed by atoms with Gasteiger partial charge in [0.05, 0.1) is 19.5 Å². The Morgan fingerprint density at radius 1 is 1.13 bits per heavy atom. The summed E-state index contributed by atoms with van der Waals surface area (Å²) in [4.78, 5) is 13.4. The van der Waals surface area contributed by atoms with Crippen molar-refractivity contribution in [3.63, 3.8) is 0 Å². The average molecular weight is 396 g/mol. The zero-order chi connectivity index (χ0) is 16.8. The Labute approximate surface area is 148 Å². The second kappa shape index (κ2) is 8.26. The first-order chi connectivity index (χ1) is 11.0. The standard InChI is InChI=1S/C17H18BrNO3S/c1-11(23-16-7-5-4-6-15(16)18)17(20)19-12-8-13(21-2)10-14(9-12)22-3/h4-11H,1-3H3,(H,19,20). The Kier molecular flexibility index (Phi) is 6.36. The van der Waals surface area contributed by atoms with Crippen molar-refractivity contribution in [3.8, 4) is 11.5 Å². The Hall–Kier alpha value is -1.66. The third kappa shape index (κ3) is 4.91. The van der Waals surface area contributed by atoms with E-state index in [1.807, 2.05) is 31.2 Å². The lowest BCUT2D eigenvalue weighted by Crippen LogP contribution is -2.22. The third-order valence-corrected chi connectivity index (χ3v) is 5.26. The molecule has 0 fully saturated rings. The van der Waals surface area contributed by atoms with E-state index in [2.05, 4.69) is 21.2 Å². The summed E-state index contributed by atoms with van der Waals surface area (Å²) < 4.78 is 11.4. The van der Waals surface area contributed by atoms with Gasteiger partial charge in [0.25, 0.3) is 0 Å². The van der Waals surface area contributed by atoms with Crippen LogP contribution in [0.15, 0.2) is 51.8 Å². The molecule has 0 saturated carbocycles. The van der Waals surface area contributed by atoms with Crippen molar-refractivity contribution in [2.24, 2.45) is 0 Å². The molecular formula is C17H18BrNO3S. The van der Waals surface area contributed by atoms with E-state index in [9.17, 15) is 4.79 Å². The number of ether oxygens (including phenoxy) is 2. The van der Waals surface area contributed by atoms with E-state index in [1.54, 1.807) is 32.4 Å². The van der Waals surface area contributed by atoms with Crippen LogP contribution in [0.1, 0.15) is 6.92 Å². The maximum Gasteiger partial charge on any atom is 0.237 e. The Morgan fingerprint density at radius 3 is 2.30 bits per heavy atom. The van der Waals surface area contributed by atoms with Crippen molar-refractivity contribution < 1.29 is 14.3 Å². The van der Waals surface area contributed by atoms with Crippen molar-refractivity contribution in [2.45, 2.75) is 17.1 Å². The fraction of sp³-hybridized carbons (Fsp3) is 0.235. The number of nitrogens with one attached hydrogen (secondary N) is 1. The van der Waals surface area contributed by atoms with Gasteiger partial charge in [0.2, 0.25) is 5.91 Å². The Bertz CT molecular complexity index is 671. The highest BCUT2D eigenvalue weighted by atomic mass is 79.9. The van der Waals surface area contributed by atoms with E-state index in [0.717, 1.165) is 9.37 Å². The van der Waals surface area contributed by atoms with Crippen LogP contribution in [0.2, 0.25) is 0 Å². The average Bonchev–Trinajstić information content (AvgIpc) is 2.56. The van der Waals surface area contributed by atoms with Crippen molar-refractivity contribution >= 4 is 39.3 Å². The summed E-state index contributed by atoms with van der Waals surface area (Å²) in [6.07, 6.45) is 0. The topological polar surface area (TPSA) is 47.6 Å². The lowest BCUT2D eigenvalue weighted by atomic mass is 10.2. The smallest absolute Gasteiger partial charge is 0.237 e. The van der Waals surface area contributed by atoms with E-state index in [-0.39, 0.29) is 11.2 Å². The first kappa shape index (κ1) is 17.7. The first-order valence-electron chi connectivity index (χ1n) is 6.98. The molecule has 122 valence electrons. The number of methoxy groups -OCH3 is 2. The molecule has 0 aliphatic carbocycles. The van der Waals surface area contributed by atoms with E-state index < -0.39 is 0 Å². The largest absolute Gasteiger partial charge is 0.497 e. The molecule has 2 aromatic rings. The zero-order valence-corrected chi connectivity index (χ0v) is 15.5. The predicted molar refractivity (Wildman–Crippen MR) is 97.6 cm³/mol. The van der Waals surface area contributed by atoms with Crippen LogP contribution in [0.25, 0.3) is 0 Å². The Morgan fingerprint density at radius 2 is 1.74 bits per heavy atom. The molecule has 1 amide bonds. The maximum absolute atomic E-state index is 12.4. The molecule has 0 aliphatic heterocycles. The normalized spacial score (nSPS) is 11.7. The molecule has 1 atom stereocenters. The van der Waals surface area contributed by atoms with Crippen LogP contribution in [0.4, 0.5) is 5.69 Å². The summed E-state index contributed by atoms with van der Waals surface area (Å²) >= 11 is 4.99. The molecule has 0 saturated heterocycles. The van der Waals surface area contributed by atoms with E-state index in [1.165, 1.54) is 11.8 Å². The van der Waals surface area contributed by atoms with Crippen molar-refractivity contribution in [1.29, 1.82) is 0 Å². The van der Waals surface area contributed by atoms with Crippen LogP contribution in [0.3, 0.4) is 0 Å². The number of thioether (sulfide) groups is 1. The number of hydrogen-bond acceptors (Lipinski definition) is 4. The number of carbonyl (C=O) groups excluding carboxylic acids is 1. The summed E-state index contributed by atoms with van der Waals surface area (Å²) in [5.74, 6) is 1.18. The predicted octanol–water partition coefficient (Wildman–Crippen LogP) is 4.59. The molecule has 0 heterocycles. The van der Waals surface area contributed by atoms with Gasteiger partial charge in [-0.1, -0.05) is 12.1 Å². The number of hydrogen-bond donors (Lipinski definition) is 1. The zero-order valence-electron chi connectivity index (χ0n) is 13.1. The molecule has 0 aliphatic rings. The number of amides is 1. The van der Waals surface area contributed by atoms with Gasteiger partial charge in [0.1, 0.15) is 11.5 Å². The molecule has 1 N–H and O–H groups in total. The van der Waals surface area contributed by atoms with Gasteiger partial charge in [-0.2, -0.15) is 0 Å². The van der Waals surface area contributed by atoms with Crippen LogP contribution in [-0.2, 0) is 4.79 Å². The summed E-state index contributed by atoms with van der Waals surface area (Å²) in [6.45, 7) is 1.87. The summed E-state index contributed by atoms with van der Waals surface area (Å²) in [5.41, 5.74) is 0.644. The number of rotatable bonds is 6. The summed E-state index contributed by atoms with van der Waals surface area (Å²) in [6, 6.07) is 13.1. The highest BCUT2D eigenvalue weighted by Crippen LogP contribution is 2.31. The minimum atomic E-state index is -0.245. The van der Waals surface area contributed by atoms with Crippen molar-refractivity contribution in [1.82, 2.24) is 0 Å². The molecule has 4 nitrogen and oxygen atoms in total. The lowest BCUT2D eigenvalue weighted by molar-refractivity contribution is -0.115. The van der Waals surface area contributed by atoms with E-state index in [0.29, 0.717) is 17.2 Å². The summed E-state index contributed by atoms with van der Waals surface area (Å²) in [5, 5.41) is 2.65. The monoisotopic (exact) mass is 395 g/mol. The number of anilines is 1. The maximum atomic E-state index is 12.4. The molecule has 6 heteroatoms. The van der Waals surface area contributed by atoms with Crippen LogP contribution >= 0.6 is 27.7 Å². The molecule has 2 rings (SSSR count). The van der Waals surface area contributed by atoms with Gasteiger partial charge >= 0.3 is 0 Å². The molecule has 0 bridgehead atoms. The number of carbonyl (C=O) groups is 1. The van der Waals surface area contributed by atoms with Crippen molar-refractivity contribution in [2.75, 3.05) is 19.5 Å². The van der Waals surface area contributed by atoms with Gasteiger partial charge in [0, 0.05) is 33.3 Å². The second-order valence-corrected chi connectivity index (χ2v) is 7.02. The van der Waals surface area contributed by atoms with Crippen LogP contribution in [0.5, 0.6) is 11.5 Å². The second-order valence-electron chi connectivity index (χ2n) is 4.78. The van der Waals surface area contributed by atoms with Crippen LogP contribution < -0.4 is 14.8 Å². The minimum absolute atomic E-state index is 0.0824. The summed E-state index contributed by atoms with van der Waals surface area (Å²) in [7, 11) is 3.15. The minimum Gasteiger partial charge on any atom is -0.497 e. The highest BCUT2D eigenvalue weighted by molar-refractivity contribution is 9.10. The Balaban J connectivity index is 2.08. The fourth-order valence-electron chi connectivity index (χ4n) is 1.91. The van der Waals surface area contributed by atoms with Gasteiger partial charge in [-0.05, 0) is 35.0 Å². The highest BCUT2D eigenvalue weighted by Gasteiger charge is 2.16. The molecular weight excluding hydrogens is 378 g/mol. The van der Waals surface area contributed by atoms with E-state index in [4.69, 9.17) is 9.47 Å². The van der Waals surface area contributed by atoms with Gasteiger partial charge in [0.15, 0.2) is 0 Å². The molecule has 0 spiro atoms. The third-order valence-electron chi connectivity index (χ3n) is 3.13.